The summed E-state index contributed by atoms with van der Waals surface area (Å²) in [6, 6.07) is 7.27. The molecule has 24 heavy (non-hydrogen) atoms. The Morgan fingerprint density at radius 3 is 2.54 bits per heavy atom. The van der Waals surface area contributed by atoms with E-state index in [9.17, 15) is 9.59 Å². The normalized spacial score (nSPS) is 15.2. The summed E-state index contributed by atoms with van der Waals surface area (Å²) in [7, 11) is 1.56. The van der Waals surface area contributed by atoms with Gasteiger partial charge in [-0.05, 0) is 30.9 Å². The molecule has 1 saturated heterocycles. The summed E-state index contributed by atoms with van der Waals surface area (Å²) < 4.78 is 10.4. The zero-order chi connectivity index (χ0) is 17.5. The van der Waals surface area contributed by atoms with Crippen molar-refractivity contribution in [1.29, 1.82) is 0 Å². The van der Waals surface area contributed by atoms with Crippen molar-refractivity contribution in [2.45, 2.75) is 32.7 Å². The number of nitrogens with one attached hydrogen (secondary N) is 1. The molecule has 0 saturated carbocycles. The van der Waals surface area contributed by atoms with E-state index < -0.39 is 0 Å². The zero-order valence-electron chi connectivity index (χ0n) is 14.6. The number of amides is 2. The lowest BCUT2D eigenvalue weighted by Gasteiger charge is -2.32. The molecular weight excluding hydrogens is 308 g/mol. The number of para-hydroxylation sites is 1. The van der Waals surface area contributed by atoms with Crippen LogP contribution in [0.25, 0.3) is 0 Å². The smallest absolute Gasteiger partial charge is 0.407 e. The van der Waals surface area contributed by atoms with Gasteiger partial charge in [0.25, 0.3) is 5.91 Å². The van der Waals surface area contributed by atoms with E-state index in [1.807, 2.05) is 26.0 Å². The minimum Gasteiger partial charge on any atom is -0.496 e. The maximum Gasteiger partial charge on any atom is 0.407 e. The number of rotatable bonds is 5. The molecule has 2 amide bonds. The Labute approximate surface area is 143 Å². The van der Waals surface area contributed by atoms with Gasteiger partial charge in [-0.15, -0.1) is 0 Å². The maximum absolute atomic E-state index is 12.6. The van der Waals surface area contributed by atoms with E-state index in [1.165, 1.54) is 0 Å². The van der Waals surface area contributed by atoms with Crippen molar-refractivity contribution in [3.05, 3.63) is 29.8 Å². The predicted molar refractivity (Wildman–Crippen MR) is 91.2 cm³/mol. The van der Waals surface area contributed by atoms with Crippen molar-refractivity contribution >= 4 is 12.0 Å². The van der Waals surface area contributed by atoms with Crippen LogP contribution in [0.15, 0.2) is 24.3 Å². The monoisotopic (exact) mass is 334 g/mol. The van der Waals surface area contributed by atoms with Gasteiger partial charge in [0.15, 0.2) is 0 Å². The van der Waals surface area contributed by atoms with Crippen LogP contribution in [0.4, 0.5) is 4.79 Å². The highest BCUT2D eigenvalue weighted by molar-refractivity contribution is 5.97. The minimum atomic E-state index is -0.377. The van der Waals surface area contributed by atoms with Crippen molar-refractivity contribution in [3.8, 4) is 5.75 Å². The summed E-state index contributed by atoms with van der Waals surface area (Å²) in [5.41, 5.74) is 0.572. The minimum absolute atomic E-state index is 0.0340. The Bertz CT molecular complexity index is 566. The van der Waals surface area contributed by atoms with Gasteiger partial charge < -0.3 is 19.7 Å². The topological polar surface area (TPSA) is 67.9 Å². The zero-order valence-corrected chi connectivity index (χ0v) is 14.6. The molecule has 1 aromatic carbocycles. The van der Waals surface area contributed by atoms with Gasteiger partial charge in [-0.3, -0.25) is 4.79 Å². The van der Waals surface area contributed by atoms with Gasteiger partial charge in [-0.25, -0.2) is 4.79 Å². The number of hydrogen-bond donors (Lipinski definition) is 1. The Morgan fingerprint density at radius 1 is 1.25 bits per heavy atom. The molecule has 132 valence electrons. The second kappa shape index (κ2) is 8.57. The highest BCUT2D eigenvalue weighted by Crippen LogP contribution is 2.21. The van der Waals surface area contributed by atoms with E-state index in [0.717, 1.165) is 12.8 Å². The number of carbonyl (C=O) groups excluding carboxylic acids is 2. The predicted octanol–water partition coefficient (Wildman–Crippen LogP) is 2.68. The average molecular weight is 334 g/mol. The Hall–Kier alpha value is -2.24. The van der Waals surface area contributed by atoms with Crippen LogP contribution in [-0.4, -0.2) is 49.7 Å². The first kappa shape index (κ1) is 18.1. The maximum atomic E-state index is 12.6. The van der Waals surface area contributed by atoms with Crippen LogP contribution < -0.4 is 10.1 Å². The first-order valence-corrected chi connectivity index (χ1v) is 8.36. The number of methoxy groups -OCH3 is 1. The van der Waals surface area contributed by atoms with Crippen molar-refractivity contribution in [2.75, 3.05) is 26.8 Å². The van der Waals surface area contributed by atoms with Gasteiger partial charge >= 0.3 is 6.09 Å². The number of benzene rings is 1. The molecule has 0 atom stereocenters. The first-order chi connectivity index (χ1) is 11.5. The van der Waals surface area contributed by atoms with Crippen molar-refractivity contribution in [2.24, 2.45) is 5.92 Å². The van der Waals surface area contributed by atoms with Crippen LogP contribution in [0.1, 0.15) is 37.0 Å². The summed E-state index contributed by atoms with van der Waals surface area (Å²) in [5, 5.41) is 2.87. The summed E-state index contributed by atoms with van der Waals surface area (Å²) in [6.07, 6.45) is 1.06. The summed E-state index contributed by atoms with van der Waals surface area (Å²) in [5.74, 6) is 0.865. The van der Waals surface area contributed by atoms with E-state index in [1.54, 1.807) is 24.1 Å². The molecular formula is C18H26N2O4. The Kier molecular flexibility index (Phi) is 6.46. The standard InChI is InChI=1S/C18H26N2O4/c1-13(2)12-24-18(22)19-14-8-10-20(11-9-14)17(21)15-6-4-5-7-16(15)23-3/h4-7,13-14H,8-12H2,1-3H3,(H,19,22). The highest BCUT2D eigenvalue weighted by atomic mass is 16.5. The number of ether oxygens (including phenoxy) is 2. The molecule has 1 fully saturated rings. The number of alkyl carbamates (subject to hydrolysis) is 1. The van der Waals surface area contributed by atoms with Crippen molar-refractivity contribution in [3.63, 3.8) is 0 Å². The Morgan fingerprint density at radius 2 is 1.92 bits per heavy atom. The van der Waals surface area contributed by atoms with Gasteiger partial charge in [-0.2, -0.15) is 0 Å². The van der Waals surface area contributed by atoms with E-state index in [2.05, 4.69) is 5.32 Å². The van der Waals surface area contributed by atoms with Crippen LogP contribution in [0.5, 0.6) is 5.75 Å². The van der Waals surface area contributed by atoms with Crippen LogP contribution >= 0.6 is 0 Å². The molecule has 0 aliphatic carbocycles. The lowest BCUT2D eigenvalue weighted by atomic mass is 10.0. The van der Waals surface area contributed by atoms with Gasteiger partial charge in [0.1, 0.15) is 5.75 Å². The van der Waals surface area contributed by atoms with Crippen LogP contribution in [0.2, 0.25) is 0 Å². The van der Waals surface area contributed by atoms with E-state index in [4.69, 9.17) is 9.47 Å². The SMILES string of the molecule is COc1ccccc1C(=O)N1CCC(NC(=O)OCC(C)C)CC1. The number of likely N-dealkylation sites (tertiary alicyclic amines) is 1. The van der Waals surface area contributed by atoms with Crippen molar-refractivity contribution < 1.29 is 19.1 Å². The highest BCUT2D eigenvalue weighted by Gasteiger charge is 2.26. The van der Waals surface area contributed by atoms with Crippen LogP contribution in [-0.2, 0) is 4.74 Å². The molecule has 2 rings (SSSR count). The molecule has 0 bridgehead atoms. The van der Waals surface area contributed by atoms with Gasteiger partial charge in [0.2, 0.25) is 0 Å². The number of hydrogen-bond acceptors (Lipinski definition) is 4. The molecule has 0 unspecified atom stereocenters. The second-order valence-corrected chi connectivity index (χ2v) is 6.40. The fraction of sp³-hybridized carbons (Fsp3) is 0.556. The molecule has 0 aromatic heterocycles. The third-order valence-electron chi connectivity index (χ3n) is 3.99. The van der Waals surface area contributed by atoms with Gasteiger partial charge in [0.05, 0.1) is 19.3 Å². The lowest BCUT2D eigenvalue weighted by molar-refractivity contribution is 0.0697. The molecule has 1 aliphatic rings. The van der Waals surface area contributed by atoms with Gasteiger partial charge in [-0.1, -0.05) is 26.0 Å². The number of carbonyl (C=O) groups is 2. The number of piperidine rings is 1. The molecule has 1 aromatic rings. The van der Waals surface area contributed by atoms with E-state index >= 15 is 0 Å². The van der Waals surface area contributed by atoms with Gasteiger partial charge in [0, 0.05) is 19.1 Å². The third-order valence-corrected chi connectivity index (χ3v) is 3.99. The molecule has 6 nitrogen and oxygen atoms in total. The van der Waals surface area contributed by atoms with E-state index in [0.29, 0.717) is 36.9 Å². The lowest BCUT2D eigenvalue weighted by Crippen LogP contribution is -2.46. The molecule has 1 aliphatic heterocycles. The Balaban J connectivity index is 1.84. The average Bonchev–Trinajstić information content (AvgIpc) is 2.60. The van der Waals surface area contributed by atoms with E-state index in [-0.39, 0.29) is 18.0 Å². The second-order valence-electron chi connectivity index (χ2n) is 6.40. The summed E-state index contributed by atoms with van der Waals surface area (Å²) in [6.45, 7) is 5.61. The molecule has 0 spiro atoms. The molecule has 6 heteroatoms. The van der Waals surface area contributed by atoms with Crippen LogP contribution in [0.3, 0.4) is 0 Å². The van der Waals surface area contributed by atoms with Crippen LogP contribution in [0, 0.1) is 5.92 Å². The molecule has 1 N–H and O–H groups in total. The largest absolute Gasteiger partial charge is 0.496 e. The summed E-state index contributed by atoms with van der Waals surface area (Å²) >= 11 is 0. The fourth-order valence-electron chi connectivity index (χ4n) is 2.67. The quantitative estimate of drug-likeness (QED) is 0.899. The molecule has 0 radical (unpaired) electrons. The number of nitrogens with zero attached hydrogens (tertiary/aromatic N) is 1. The van der Waals surface area contributed by atoms with Crippen molar-refractivity contribution in [1.82, 2.24) is 10.2 Å². The first-order valence-electron chi connectivity index (χ1n) is 8.36. The molecule has 1 heterocycles. The fourth-order valence-corrected chi connectivity index (χ4v) is 2.67. The summed E-state index contributed by atoms with van der Waals surface area (Å²) in [4.78, 5) is 26.1. The third kappa shape index (κ3) is 4.88.